The van der Waals surface area contributed by atoms with E-state index in [2.05, 4.69) is 39.9 Å². The fourth-order valence-corrected chi connectivity index (χ4v) is 10.8. The minimum absolute atomic E-state index is 0.0178. The van der Waals surface area contributed by atoms with Gasteiger partial charge in [0, 0.05) is 24.9 Å². The molecule has 0 unspecified atom stereocenters. The lowest BCUT2D eigenvalue weighted by atomic mass is 9.57. The molecule has 6 heteroatoms. The minimum atomic E-state index is -0.390. The fraction of sp³-hybridized carbons (Fsp3) is 0.722. The number of hydrogen-bond donors (Lipinski definition) is 1. The number of nitrogens with zero attached hydrogens (tertiary/aromatic N) is 1. The van der Waals surface area contributed by atoms with E-state index < -0.39 is 0 Å². The number of rotatable bonds is 2. The van der Waals surface area contributed by atoms with Gasteiger partial charge in [-0.15, -0.1) is 0 Å². The monoisotopic (exact) mass is 574 g/mol. The van der Waals surface area contributed by atoms with Crippen LogP contribution in [0.15, 0.2) is 41.5 Å². The molecule has 1 aromatic rings. The molecule has 10 atom stereocenters. The van der Waals surface area contributed by atoms with Gasteiger partial charge in [0.1, 0.15) is 6.61 Å². The summed E-state index contributed by atoms with van der Waals surface area (Å²) in [6.45, 7) is 12.7. The second-order valence-electron chi connectivity index (χ2n) is 15.4. The van der Waals surface area contributed by atoms with E-state index in [-0.39, 0.29) is 40.6 Å². The van der Waals surface area contributed by atoms with Crippen LogP contribution in [0.5, 0.6) is 0 Å². The SMILES string of the molecule is CC1=C2C[C@H]3[C@@H](CC[C@H]4NC(=O)CC[C@@]43C)[C@@H]2CC[C@@]2(C1)O[C@@H]1C[C@H](C)CN(C(=O)OCc3ccccc3)[C@@]1(C)[C@H]2C. The standard InChI is InChI=1S/C36H50N2O4/c1-22-17-31-35(5,38(20-22)33(40)41-21-25-9-7-6-8-10-25)24(3)36(42-31)16-13-26-27-11-12-30-34(4,15-14-32(39)37-30)29(27)18-28(26)23(2)19-36/h6-10,22,24,26-27,29-31H,11-21H2,1-5H3,(H,37,39)/t22-,24+,26-,27-,29-,30+,31+,34+,35-,36-/m0/s1. The zero-order chi connectivity index (χ0) is 29.4. The van der Waals surface area contributed by atoms with Crippen molar-refractivity contribution >= 4 is 12.0 Å². The first-order valence-electron chi connectivity index (χ1n) is 16.7. The molecule has 2 amide bonds. The molecule has 1 N–H and O–H groups in total. The average molecular weight is 575 g/mol. The number of carbonyl (C=O) groups is 2. The number of amides is 2. The maximum absolute atomic E-state index is 13.7. The number of allylic oxidation sites excluding steroid dienone is 1. The van der Waals surface area contributed by atoms with Crippen molar-refractivity contribution in [2.75, 3.05) is 6.54 Å². The van der Waals surface area contributed by atoms with Gasteiger partial charge in [-0.3, -0.25) is 9.69 Å². The lowest BCUT2D eigenvalue weighted by Crippen LogP contribution is -2.63. The largest absolute Gasteiger partial charge is 0.445 e. The van der Waals surface area contributed by atoms with Gasteiger partial charge in [-0.2, -0.15) is 0 Å². The number of likely N-dealkylation sites (tertiary alicyclic amines) is 1. The molecule has 5 fully saturated rings. The molecular weight excluding hydrogens is 524 g/mol. The zero-order valence-electron chi connectivity index (χ0n) is 26.3. The molecule has 1 spiro atoms. The first-order chi connectivity index (χ1) is 20.0. The molecule has 3 aliphatic heterocycles. The van der Waals surface area contributed by atoms with Crippen LogP contribution in [0, 0.1) is 35.0 Å². The highest BCUT2D eigenvalue weighted by Crippen LogP contribution is 2.63. The van der Waals surface area contributed by atoms with Gasteiger partial charge in [0.25, 0.3) is 0 Å². The summed E-state index contributed by atoms with van der Waals surface area (Å²) in [6, 6.07) is 10.3. The highest BCUT2D eigenvalue weighted by Gasteiger charge is 2.65. The molecule has 3 saturated heterocycles. The number of piperidine rings is 2. The Kier molecular flexibility index (Phi) is 6.84. The van der Waals surface area contributed by atoms with Crippen LogP contribution in [-0.4, -0.2) is 46.7 Å². The van der Waals surface area contributed by atoms with E-state index in [1.807, 2.05) is 35.2 Å². The average Bonchev–Trinajstić information content (AvgIpc) is 3.40. The van der Waals surface area contributed by atoms with Crippen molar-refractivity contribution in [2.24, 2.45) is 35.0 Å². The van der Waals surface area contributed by atoms with Gasteiger partial charge in [0.05, 0.1) is 17.2 Å². The van der Waals surface area contributed by atoms with Crippen molar-refractivity contribution in [3.8, 4) is 0 Å². The van der Waals surface area contributed by atoms with Crippen LogP contribution in [0.25, 0.3) is 0 Å². The fourth-order valence-electron chi connectivity index (χ4n) is 10.8. The maximum Gasteiger partial charge on any atom is 0.410 e. The normalized spacial score (nSPS) is 44.5. The summed E-state index contributed by atoms with van der Waals surface area (Å²) in [7, 11) is 0. The lowest BCUT2D eigenvalue weighted by Gasteiger charge is -2.52. The van der Waals surface area contributed by atoms with Crippen LogP contribution in [-0.2, 0) is 20.9 Å². The Morgan fingerprint density at radius 1 is 1.12 bits per heavy atom. The van der Waals surface area contributed by atoms with E-state index in [1.165, 1.54) is 24.8 Å². The highest BCUT2D eigenvalue weighted by molar-refractivity contribution is 5.77. The third-order valence-electron chi connectivity index (χ3n) is 13.4. The van der Waals surface area contributed by atoms with Crippen molar-refractivity contribution in [3.63, 3.8) is 0 Å². The Morgan fingerprint density at radius 2 is 1.90 bits per heavy atom. The van der Waals surface area contributed by atoms with Crippen LogP contribution in [0.1, 0.15) is 98.0 Å². The molecule has 2 saturated carbocycles. The van der Waals surface area contributed by atoms with Gasteiger partial charge in [-0.05, 0) is 99.9 Å². The van der Waals surface area contributed by atoms with Gasteiger partial charge in [0.2, 0.25) is 5.91 Å². The summed E-state index contributed by atoms with van der Waals surface area (Å²) in [5.74, 6) is 2.82. The van der Waals surface area contributed by atoms with E-state index in [9.17, 15) is 9.59 Å². The Morgan fingerprint density at radius 3 is 2.69 bits per heavy atom. The predicted octanol–water partition coefficient (Wildman–Crippen LogP) is 7.03. The molecule has 3 aliphatic carbocycles. The predicted molar refractivity (Wildman–Crippen MR) is 162 cm³/mol. The zero-order valence-corrected chi connectivity index (χ0v) is 26.3. The molecule has 6 aliphatic rings. The topological polar surface area (TPSA) is 67.9 Å². The Hall–Kier alpha value is -2.34. The number of ether oxygens (including phenoxy) is 2. The van der Waals surface area contributed by atoms with Crippen molar-refractivity contribution in [1.82, 2.24) is 10.2 Å². The molecule has 1 aromatic carbocycles. The number of benzene rings is 1. The van der Waals surface area contributed by atoms with Gasteiger partial charge < -0.3 is 14.8 Å². The summed E-state index contributed by atoms with van der Waals surface area (Å²) >= 11 is 0. The van der Waals surface area contributed by atoms with Crippen LogP contribution >= 0.6 is 0 Å². The van der Waals surface area contributed by atoms with E-state index >= 15 is 0 Å². The number of carbonyl (C=O) groups excluding carboxylic acids is 2. The van der Waals surface area contributed by atoms with E-state index in [1.54, 1.807) is 5.57 Å². The molecule has 7 rings (SSSR count). The Labute approximate surface area is 252 Å². The molecule has 0 radical (unpaired) electrons. The number of hydrogen-bond acceptors (Lipinski definition) is 4. The van der Waals surface area contributed by atoms with E-state index in [0.29, 0.717) is 49.3 Å². The third-order valence-corrected chi connectivity index (χ3v) is 13.4. The van der Waals surface area contributed by atoms with Gasteiger partial charge in [-0.25, -0.2) is 4.79 Å². The van der Waals surface area contributed by atoms with Crippen LogP contribution in [0.2, 0.25) is 0 Å². The number of fused-ring (bicyclic) bond motifs is 6. The summed E-state index contributed by atoms with van der Waals surface area (Å²) in [4.78, 5) is 28.0. The van der Waals surface area contributed by atoms with Gasteiger partial charge in [-0.1, -0.05) is 62.2 Å². The Balaban J connectivity index is 1.14. The molecule has 0 aromatic heterocycles. The summed E-state index contributed by atoms with van der Waals surface area (Å²) in [6.07, 6.45) is 9.20. The lowest BCUT2D eigenvalue weighted by molar-refractivity contribution is -0.130. The van der Waals surface area contributed by atoms with Crippen LogP contribution < -0.4 is 5.32 Å². The van der Waals surface area contributed by atoms with Crippen LogP contribution in [0.4, 0.5) is 4.79 Å². The maximum atomic E-state index is 13.7. The second kappa shape index (κ2) is 10.1. The van der Waals surface area contributed by atoms with Crippen LogP contribution in [0.3, 0.4) is 0 Å². The van der Waals surface area contributed by atoms with Crippen molar-refractivity contribution in [1.29, 1.82) is 0 Å². The van der Waals surface area contributed by atoms with Crippen molar-refractivity contribution < 1.29 is 19.1 Å². The molecule has 228 valence electrons. The van der Waals surface area contributed by atoms with Gasteiger partial charge >= 0.3 is 6.09 Å². The van der Waals surface area contributed by atoms with Gasteiger partial charge in [0.15, 0.2) is 0 Å². The second-order valence-corrected chi connectivity index (χ2v) is 15.4. The summed E-state index contributed by atoms with van der Waals surface area (Å²) in [5.41, 5.74) is 3.82. The molecule has 0 bridgehead atoms. The summed E-state index contributed by atoms with van der Waals surface area (Å²) < 4.78 is 13.2. The first-order valence-corrected chi connectivity index (χ1v) is 16.7. The molecule has 42 heavy (non-hydrogen) atoms. The smallest absolute Gasteiger partial charge is 0.410 e. The third kappa shape index (κ3) is 4.21. The number of nitrogens with one attached hydrogen (secondary N) is 1. The minimum Gasteiger partial charge on any atom is -0.445 e. The first kappa shape index (κ1) is 28.4. The van der Waals surface area contributed by atoms with Crippen molar-refractivity contribution in [2.45, 2.75) is 122 Å². The quantitative estimate of drug-likeness (QED) is 0.385. The van der Waals surface area contributed by atoms with Crippen molar-refractivity contribution in [3.05, 3.63) is 47.0 Å². The molecule has 3 heterocycles. The molecular formula is C36H50N2O4. The molecule has 6 nitrogen and oxygen atoms in total. The van der Waals surface area contributed by atoms with E-state index in [4.69, 9.17) is 9.47 Å². The highest BCUT2D eigenvalue weighted by atomic mass is 16.6. The summed E-state index contributed by atoms with van der Waals surface area (Å²) in [5, 5.41) is 3.37. The Bertz CT molecular complexity index is 1280. The van der Waals surface area contributed by atoms with E-state index in [0.717, 1.165) is 37.7 Å².